The molecule has 0 saturated carbocycles. The molecule has 0 bridgehead atoms. The Kier molecular flexibility index (Phi) is 6.17. The predicted octanol–water partition coefficient (Wildman–Crippen LogP) is 0.936. The minimum Gasteiger partial charge on any atom is -0.494 e. The van der Waals surface area contributed by atoms with Crippen LogP contribution in [-0.4, -0.2) is 53.2 Å². The van der Waals surface area contributed by atoms with Crippen LogP contribution in [0.4, 0.5) is 0 Å². The van der Waals surface area contributed by atoms with Crippen molar-refractivity contribution in [3.63, 3.8) is 0 Å². The van der Waals surface area contributed by atoms with Gasteiger partial charge in [0.25, 0.3) is 0 Å². The molecule has 1 aromatic carbocycles. The number of benzene rings is 1. The van der Waals surface area contributed by atoms with Gasteiger partial charge in [-0.25, -0.2) is 4.79 Å². The maximum Gasteiger partial charge on any atom is 0.356 e. The zero-order valence-electron chi connectivity index (χ0n) is 15.3. The van der Waals surface area contributed by atoms with Gasteiger partial charge in [-0.1, -0.05) is 23.7 Å². The van der Waals surface area contributed by atoms with Gasteiger partial charge in [-0.2, -0.15) is 0 Å². The number of carbonyl (C=O) groups excluding carboxylic acids is 3. The molecule has 2 heterocycles. The Balaban J connectivity index is 1.72. The summed E-state index contributed by atoms with van der Waals surface area (Å²) in [6.07, 6.45) is 0.126. The fourth-order valence-corrected chi connectivity index (χ4v) is 4.65. The van der Waals surface area contributed by atoms with E-state index in [0.29, 0.717) is 6.61 Å². The van der Waals surface area contributed by atoms with Crippen LogP contribution in [0, 0.1) is 0 Å². The zero-order chi connectivity index (χ0) is 20.4. The third kappa shape index (κ3) is 3.82. The van der Waals surface area contributed by atoms with Crippen LogP contribution in [0.3, 0.4) is 0 Å². The number of nitrogens with two attached hydrogens (primary N) is 1. The van der Waals surface area contributed by atoms with Gasteiger partial charge in [0.1, 0.15) is 28.2 Å². The second kappa shape index (κ2) is 8.42. The lowest BCUT2D eigenvalue weighted by Crippen LogP contribution is -2.69. The largest absolute Gasteiger partial charge is 0.494 e. The third-order valence-corrected chi connectivity index (χ3v) is 6.26. The van der Waals surface area contributed by atoms with Crippen LogP contribution in [0.15, 0.2) is 35.0 Å². The quantitative estimate of drug-likeness (QED) is 0.515. The van der Waals surface area contributed by atoms with Crippen molar-refractivity contribution >= 4 is 41.1 Å². The number of rotatable bonds is 6. The molecule has 2 aliphatic heterocycles. The van der Waals surface area contributed by atoms with Gasteiger partial charge in [0.15, 0.2) is 0 Å². The van der Waals surface area contributed by atoms with Gasteiger partial charge in [0.05, 0.1) is 25.2 Å². The Hall–Kier alpha value is -2.23. The molecule has 1 aromatic rings. The minimum atomic E-state index is -0.764. The molecule has 3 atom stereocenters. The molecule has 2 unspecified atom stereocenters. The van der Waals surface area contributed by atoms with Crippen LogP contribution < -0.4 is 15.8 Å². The first-order chi connectivity index (χ1) is 13.4. The SMILES string of the molecule is CCOc1ccc(CC(=O)NC2S[C@@H]3C(N)C(=O)N3C(C(=O)OC)=C2Cl)cc1. The van der Waals surface area contributed by atoms with Crippen molar-refractivity contribution in [2.24, 2.45) is 5.73 Å². The zero-order valence-corrected chi connectivity index (χ0v) is 16.9. The van der Waals surface area contributed by atoms with E-state index in [1.807, 2.05) is 6.92 Å². The van der Waals surface area contributed by atoms with E-state index in [0.717, 1.165) is 11.3 Å². The van der Waals surface area contributed by atoms with Crippen LogP contribution >= 0.6 is 23.4 Å². The van der Waals surface area contributed by atoms with Crippen LogP contribution in [0.1, 0.15) is 12.5 Å². The average Bonchev–Trinajstić information content (AvgIpc) is 2.69. The monoisotopic (exact) mass is 425 g/mol. The van der Waals surface area contributed by atoms with Crippen molar-refractivity contribution in [2.75, 3.05) is 13.7 Å². The second-order valence-electron chi connectivity index (χ2n) is 6.15. The van der Waals surface area contributed by atoms with Crippen molar-refractivity contribution in [3.05, 3.63) is 40.6 Å². The number of esters is 1. The number of ether oxygens (including phenoxy) is 2. The van der Waals surface area contributed by atoms with Crippen LogP contribution in [0.2, 0.25) is 0 Å². The Bertz CT molecular complexity index is 829. The number of hydrogen-bond donors (Lipinski definition) is 2. The summed E-state index contributed by atoms with van der Waals surface area (Å²) in [5.74, 6) is -0.708. The summed E-state index contributed by atoms with van der Waals surface area (Å²) in [6, 6.07) is 6.43. The Morgan fingerprint density at radius 2 is 2.00 bits per heavy atom. The molecule has 1 saturated heterocycles. The molecule has 0 aliphatic carbocycles. The van der Waals surface area contributed by atoms with E-state index in [1.165, 1.54) is 23.8 Å². The molecule has 10 heteroatoms. The number of thioether (sulfide) groups is 1. The summed E-state index contributed by atoms with van der Waals surface area (Å²) >= 11 is 7.54. The van der Waals surface area contributed by atoms with Crippen molar-refractivity contribution in [1.82, 2.24) is 10.2 Å². The molecular formula is C18H20ClN3O5S. The molecule has 1 fully saturated rings. The van der Waals surface area contributed by atoms with Gasteiger partial charge >= 0.3 is 5.97 Å². The van der Waals surface area contributed by atoms with Crippen molar-refractivity contribution in [1.29, 1.82) is 0 Å². The maximum atomic E-state index is 12.5. The molecule has 150 valence electrons. The number of β-lactam (4-membered cyclic amide) rings is 1. The van der Waals surface area contributed by atoms with Crippen LogP contribution in [0.5, 0.6) is 5.75 Å². The summed E-state index contributed by atoms with van der Waals surface area (Å²) in [7, 11) is 1.19. The van der Waals surface area contributed by atoms with Crippen LogP contribution in [0.25, 0.3) is 0 Å². The van der Waals surface area contributed by atoms with E-state index < -0.39 is 28.7 Å². The maximum absolute atomic E-state index is 12.5. The number of nitrogens with one attached hydrogen (secondary N) is 1. The van der Waals surface area contributed by atoms with Crippen molar-refractivity contribution in [2.45, 2.75) is 30.1 Å². The number of hydrogen-bond acceptors (Lipinski definition) is 7. The van der Waals surface area contributed by atoms with Crippen molar-refractivity contribution in [3.8, 4) is 5.75 Å². The highest BCUT2D eigenvalue weighted by molar-refractivity contribution is 8.01. The van der Waals surface area contributed by atoms with Gasteiger partial charge in [0.2, 0.25) is 11.8 Å². The normalized spacial score (nSPS) is 23.6. The molecule has 28 heavy (non-hydrogen) atoms. The van der Waals surface area contributed by atoms with E-state index in [9.17, 15) is 14.4 Å². The number of fused-ring (bicyclic) bond motifs is 1. The summed E-state index contributed by atoms with van der Waals surface area (Å²) in [6.45, 7) is 2.46. The van der Waals surface area contributed by atoms with E-state index in [1.54, 1.807) is 24.3 Å². The van der Waals surface area contributed by atoms with Gasteiger partial charge in [-0.15, -0.1) is 11.8 Å². The van der Waals surface area contributed by atoms with E-state index in [2.05, 4.69) is 5.32 Å². The highest BCUT2D eigenvalue weighted by Crippen LogP contribution is 2.44. The molecule has 8 nitrogen and oxygen atoms in total. The Morgan fingerprint density at radius 1 is 1.32 bits per heavy atom. The lowest BCUT2D eigenvalue weighted by Gasteiger charge is -2.49. The molecule has 3 N–H and O–H groups in total. The molecule has 2 aliphatic rings. The predicted molar refractivity (Wildman–Crippen MR) is 104 cm³/mol. The summed E-state index contributed by atoms with van der Waals surface area (Å²) < 4.78 is 10.1. The van der Waals surface area contributed by atoms with E-state index in [4.69, 9.17) is 26.8 Å². The molecule has 0 spiro atoms. The molecular weight excluding hydrogens is 406 g/mol. The smallest absolute Gasteiger partial charge is 0.356 e. The molecule has 2 amide bonds. The van der Waals surface area contributed by atoms with E-state index in [-0.39, 0.29) is 23.1 Å². The standard InChI is InChI=1S/C18H20ClN3O5S/c1-3-27-10-6-4-9(5-7-10)8-11(23)21-15-12(19)14(18(25)26-2)22-16(24)13(20)17(22)28-15/h4-7,13,15,17H,3,8,20H2,1-2H3,(H,21,23)/t13?,15?,17-/m1/s1. The van der Waals surface area contributed by atoms with Gasteiger partial charge < -0.3 is 20.5 Å². The van der Waals surface area contributed by atoms with Gasteiger partial charge in [-0.05, 0) is 24.6 Å². The first-order valence-electron chi connectivity index (χ1n) is 8.60. The average molecular weight is 426 g/mol. The topological polar surface area (TPSA) is 111 Å². The number of amides is 2. The highest BCUT2D eigenvalue weighted by atomic mass is 35.5. The lowest BCUT2D eigenvalue weighted by molar-refractivity contribution is -0.149. The fraction of sp³-hybridized carbons (Fsp3) is 0.389. The summed E-state index contributed by atoms with van der Waals surface area (Å²) in [5, 5.41) is 1.63. The van der Waals surface area contributed by atoms with Gasteiger partial charge in [-0.3, -0.25) is 14.5 Å². The van der Waals surface area contributed by atoms with Crippen LogP contribution in [-0.2, 0) is 25.5 Å². The third-order valence-electron chi connectivity index (χ3n) is 4.33. The fourth-order valence-electron chi connectivity index (χ4n) is 2.95. The second-order valence-corrected chi connectivity index (χ2v) is 7.78. The van der Waals surface area contributed by atoms with Crippen molar-refractivity contribution < 1.29 is 23.9 Å². The number of carbonyl (C=O) groups is 3. The lowest BCUT2D eigenvalue weighted by atomic mass is 10.1. The number of methoxy groups -OCH3 is 1. The van der Waals surface area contributed by atoms with Gasteiger partial charge in [0, 0.05) is 0 Å². The number of halogens is 1. The number of nitrogens with zero attached hydrogens (tertiary/aromatic N) is 1. The Morgan fingerprint density at radius 3 is 2.61 bits per heavy atom. The minimum absolute atomic E-state index is 0.0355. The summed E-state index contributed by atoms with van der Waals surface area (Å²) in [4.78, 5) is 37.8. The van der Waals surface area contributed by atoms with E-state index >= 15 is 0 Å². The molecule has 0 radical (unpaired) electrons. The first kappa shape index (κ1) is 20.5. The first-order valence-corrected chi connectivity index (χ1v) is 9.92. The summed E-state index contributed by atoms with van der Waals surface area (Å²) in [5.41, 5.74) is 6.55. The Labute approximate surface area is 171 Å². The highest BCUT2D eigenvalue weighted by Gasteiger charge is 2.54. The molecule has 3 rings (SSSR count). The molecule has 0 aromatic heterocycles.